The van der Waals surface area contributed by atoms with Crippen molar-refractivity contribution in [3.8, 4) is 0 Å². The Morgan fingerprint density at radius 1 is 1.42 bits per heavy atom. The summed E-state index contributed by atoms with van der Waals surface area (Å²) in [6.07, 6.45) is 7.22. The van der Waals surface area contributed by atoms with Gasteiger partial charge in [-0.2, -0.15) is 0 Å². The van der Waals surface area contributed by atoms with Gasteiger partial charge in [-0.05, 0) is 45.7 Å². The average molecular weight is 260 g/mol. The molecule has 2 heterocycles. The summed E-state index contributed by atoms with van der Waals surface area (Å²) in [6, 6.07) is 3.83. The molecule has 2 rings (SSSR count). The SMILES string of the molecule is CC(C)(C)OC(=O)N1CCCC=C1c1cccnc1. The Labute approximate surface area is 114 Å². The number of rotatable bonds is 1. The van der Waals surface area contributed by atoms with Crippen molar-refractivity contribution in [1.82, 2.24) is 9.88 Å². The number of hydrogen-bond donors (Lipinski definition) is 0. The highest BCUT2D eigenvalue weighted by atomic mass is 16.6. The maximum Gasteiger partial charge on any atom is 0.414 e. The molecule has 1 amide bonds. The number of amides is 1. The van der Waals surface area contributed by atoms with Crippen LogP contribution in [0.5, 0.6) is 0 Å². The van der Waals surface area contributed by atoms with Crippen LogP contribution in [0.1, 0.15) is 39.2 Å². The molecule has 0 unspecified atom stereocenters. The summed E-state index contributed by atoms with van der Waals surface area (Å²) < 4.78 is 5.45. The van der Waals surface area contributed by atoms with Crippen LogP contribution < -0.4 is 0 Å². The summed E-state index contributed by atoms with van der Waals surface area (Å²) in [4.78, 5) is 18.0. The summed E-state index contributed by atoms with van der Waals surface area (Å²) in [5.41, 5.74) is 1.37. The monoisotopic (exact) mass is 260 g/mol. The van der Waals surface area contributed by atoms with Crippen LogP contribution in [0.2, 0.25) is 0 Å². The normalized spacial score (nSPS) is 15.9. The standard InChI is InChI=1S/C15H20N2O2/c1-15(2,3)19-14(18)17-10-5-4-8-13(17)12-7-6-9-16-11-12/h6-9,11H,4-5,10H2,1-3H3. The molecule has 4 heteroatoms. The fourth-order valence-corrected chi connectivity index (χ4v) is 2.01. The zero-order chi connectivity index (χ0) is 13.9. The second-order valence-corrected chi connectivity index (χ2v) is 5.61. The van der Waals surface area contributed by atoms with E-state index in [9.17, 15) is 4.79 Å². The number of carbonyl (C=O) groups excluding carboxylic acids is 1. The maximum atomic E-state index is 12.2. The Morgan fingerprint density at radius 2 is 2.21 bits per heavy atom. The Balaban J connectivity index is 2.22. The van der Waals surface area contributed by atoms with Gasteiger partial charge in [0.1, 0.15) is 5.60 Å². The highest BCUT2D eigenvalue weighted by Crippen LogP contribution is 2.26. The van der Waals surface area contributed by atoms with Crippen LogP contribution in [0.15, 0.2) is 30.6 Å². The van der Waals surface area contributed by atoms with Gasteiger partial charge < -0.3 is 4.74 Å². The van der Waals surface area contributed by atoms with E-state index in [4.69, 9.17) is 4.74 Å². The molecule has 0 saturated carbocycles. The molecule has 0 fully saturated rings. The minimum atomic E-state index is -0.478. The van der Waals surface area contributed by atoms with Gasteiger partial charge in [0, 0.05) is 24.5 Å². The molecule has 0 bridgehead atoms. The second kappa shape index (κ2) is 5.43. The summed E-state index contributed by atoms with van der Waals surface area (Å²) in [5, 5.41) is 0. The molecule has 0 aliphatic carbocycles. The van der Waals surface area contributed by atoms with Gasteiger partial charge in [-0.3, -0.25) is 9.88 Å². The van der Waals surface area contributed by atoms with E-state index in [1.54, 1.807) is 17.3 Å². The van der Waals surface area contributed by atoms with Crippen LogP contribution in [-0.2, 0) is 4.74 Å². The lowest BCUT2D eigenvalue weighted by atomic mass is 10.1. The lowest BCUT2D eigenvalue weighted by Gasteiger charge is -2.31. The van der Waals surface area contributed by atoms with Crippen LogP contribution >= 0.6 is 0 Å². The van der Waals surface area contributed by atoms with Crippen LogP contribution in [0, 0.1) is 0 Å². The predicted octanol–water partition coefficient (Wildman–Crippen LogP) is 3.45. The first-order valence-corrected chi connectivity index (χ1v) is 6.58. The van der Waals surface area contributed by atoms with Crippen molar-refractivity contribution in [2.75, 3.05) is 6.54 Å². The van der Waals surface area contributed by atoms with E-state index in [0.717, 1.165) is 24.1 Å². The fourth-order valence-electron chi connectivity index (χ4n) is 2.01. The van der Waals surface area contributed by atoms with Crippen molar-refractivity contribution in [2.24, 2.45) is 0 Å². The average Bonchev–Trinajstić information content (AvgIpc) is 2.38. The number of ether oxygens (including phenoxy) is 1. The van der Waals surface area contributed by atoms with Crippen molar-refractivity contribution in [3.63, 3.8) is 0 Å². The molecule has 1 aliphatic rings. The first-order chi connectivity index (χ1) is 8.97. The van der Waals surface area contributed by atoms with Crippen LogP contribution in [-0.4, -0.2) is 28.1 Å². The summed E-state index contributed by atoms with van der Waals surface area (Å²) in [7, 11) is 0. The molecule has 0 aromatic carbocycles. The van der Waals surface area contributed by atoms with E-state index in [1.807, 2.05) is 32.9 Å². The van der Waals surface area contributed by atoms with E-state index >= 15 is 0 Å². The van der Waals surface area contributed by atoms with Gasteiger partial charge in [-0.25, -0.2) is 4.79 Å². The molecule has 0 saturated heterocycles. The van der Waals surface area contributed by atoms with E-state index in [-0.39, 0.29) is 6.09 Å². The molecule has 1 aromatic heterocycles. The van der Waals surface area contributed by atoms with Crippen molar-refractivity contribution in [2.45, 2.75) is 39.2 Å². The molecule has 19 heavy (non-hydrogen) atoms. The Bertz CT molecular complexity index is 475. The molecule has 0 atom stereocenters. The summed E-state index contributed by atoms with van der Waals surface area (Å²) >= 11 is 0. The number of carbonyl (C=O) groups is 1. The smallest absolute Gasteiger partial charge is 0.414 e. The third kappa shape index (κ3) is 3.56. The molecule has 0 radical (unpaired) electrons. The minimum absolute atomic E-state index is 0.290. The van der Waals surface area contributed by atoms with Gasteiger partial charge >= 0.3 is 6.09 Å². The first-order valence-electron chi connectivity index (χ1n) is 6.58. The van der Waals surface area contributed by atoms with Gasteiger partial charge in [0.05, 0.1) is 5.70 Å². The third-order valence-corrected chi connectivity index (χ3v) is 2.79. The highest BCUT2D eigenvalue weighted by molar-refractivity contribution is 5.82. The van der Waals surface area contributed by atoms with Gasteiger partial charge in [-0.1, -0.05) is 6.08 Å². The zero-order valence-electron chi connectivity index (χ0n) is 11.7. The fraction of sp³-hybridized carbons (Fsp3) is 0.467. The van der Waals surface area contributed by atoms with Gasteiger partial charge in [0.15, 0.2) is 0 Å². The lowest BCUT2D eigenvalue weighted by Crippen LogP contribution is -2.37. The largest absolute Gasteiger partial charge is 0.443 e. The lowest BCUT2D eigenvalue weighted by molar-refractivity contribution is 0.0347. The summed E-state index contributed by atoms with van der Waals surface area (Å²) in [5.74, 6) is 0. The molecular weight excluding hydrogens is 240 g/mol. The van der Waals surface area contributed by atoms with Crippen molar-refractivity contribution >= 4 is 11.8 Å². The molecule has 0 N–H and O–H groups in total. The van der Waals surface area contributed by atoms with E-state index < -0.39 is 5.60 Å². The van der Waals surface area contributed by atoms with Crippen LogP contribution in [0.3, 0.4) is 0 Å². The van der Waals surface area contributed by atoms with Crippen molar-refractivity contribution in [1.29, 1.82) is 0 Å². The quantitative estimate of drug-likeness (QED) is 0.776. The van der Waals surface area contributed by atoms with Gasteiger partial charge in [0.25, 0.3) is 0 Å². The Morgan fingerprint density at radius 3 is 2.84 bits per heavy atom. The summed E-state index contributed by atoms with van der Waals surface area (Å²) in [6.45, 7) is 6.32. The number of hydrogen-bond acceptors (Lipinski definition) is 3. The molecule has 0 spiro atoms. The van der Waals surface area contributed by atoms with Gasteiger partial charge in [0.2, 0.25) is 0 Å². The maximum absolute atomic E-state index is 12.2. The highest BCUT2D eigenvalue weighted by Gasteiger charge is 2.26. The number of allylic oxidation sites excluding steroid dienone is 1. The third-order valence-electron chi connectivity index (χ3n) is 2.79. The zero-order valence-corrected chi connectivity index (χ0v) is 11.7. The first kappa shape index (κ1) is 13.6. The predicted molar refractivity (Wildman–Crippen MR) is 74.4 cm³/mol. The minimum Gasteiger partial charge on any atom is -0.443 e. The number of pyridine rings is 1. The molecule has 102 valence electrons. The number of nitrogens with zero attached hydrogens (tertiary/aromatic N) is 2. The molecule has 4 nitrogen and oxygen atoms in total. The Kier molecular flexibility index (Phi) is 3.88. The second-order valence-electron chi connectivity index (χ2n) is 5.61. The Hall–Kier alpha value is -1.84. The molecule has 1 aliphatic heterocycles. The molecular formula is C15H20N2O2. The van der Waals surface area contributed by atoms with Crippen molar-refractivity contribution in [3.05, 3.63) is 36.2 Å². The van der Waals surface area contributed by atoms with Crippen molar-refractivity contribution < 1.29 is 9.53 Å². The van der Waals surface area contributed by atoms with E-state index in [1.165, 1.54) is 0 Å². The van der Waals surface area contributed by atoms with E-state index in [0.29, 0.717) is 6.54 Å². The topological polar surface area (TPSA) is 42.4 Å². The van der Waals surface area contributed by atoms with Crippen LogP contribution in [0.25, 0.3) is 5.70 Å². The van der Waals surface area contributed by atoms with Gasteiger partial charge in [-0.15, -0.1) is 0 Å². The van der Waals surface area contributed by atoms with Crippen LogP contribution in [0.4, 0.5) is 4.79 Å². The molecule has 1 aromatic rings. The number of aromatic nitrogens is 1. The van der Waals surface area contributed by atoms with E-state index in [2.05, 4.69) is 11.1 Å².